The first kappa shape index (κ1) is 12.8. The number of carbonyl (C=O) groups is 2. The molecule has 0 radical (unpaired) electrons. The number of benzene rings is 1. The minimum atomic E-state index is -0.295. The van der Waals surface area contributed by atoms with Crippen molar-refractivity contribution in [1.82, 2.24) is 10.0 Å². The number of amides is 2. The van der Waals surface area contributed by atoms with Crippen LogP contribution in [-0.2, 0) is 4.79 Å². The predicted molar refractivity (Wildman–Crippen MR) is 68.7 cm³/mol. The van der Waals surface area contributed by atoms with E-state index in [0.29, 0.717) is 18.5 Å². The summed E-state index contributed by atoms with van der Waals surface area (Å²) in [5, 5.41) is 3.12. The minimum Gasteiger partial charge on any atom is -0.273 e. The van der Waals surface area contributed by atoms with Gasteiger partial charge in [0.15, 0.2) is 0 Å². The molecule has 1 aromatic rings. The van der Waals surface area contributed by atoms with Gasteiger partial charge in [-0.05, 0) is 26.0 Å². The maximum atomic E-state index is 12.4. The van der Waals surface area contributed by atoms with Crippen LogP contribution < -0.4 is 0 Å². The Morgan fingerprint density at radius 2 is 1.89 bits per heavy atom. The highest BCUT2D eigenvalue weighted by molar-refractivity contribution is 6.05. The Morgan fingerprint density at radius 3 is 2.44 bits per heavy atom. The van der Waals surface area contributed by atoms with E-state index in [-0.39, 0.29) is 17.4 Å². The first-order valence-electron chi connectivity index (χ1n) is 6.17. The van der Waals surface area contributed by atoms with Crippen molar-refractivity contribution in [2.24, 2.45) is 0 Å². The van der Waals surface area contributed by atoms with Crippen molar-refractivity contribution in [2.75, 3.05) is 6.54 Å². The molecule has 1 aliphatic heterocycles. The third-order valence-corrected chi connectivity index (χ3v) is 3.27. The molecule has 18 heavy (non-hydrogen) atoms. The number of carbonyl (C=O) groups excluding carboxylic acids is 2. The first-order valence-corrected chi connectivity index (χ1v) is 6.17. The van der Waals surface area contributed by atoms with Gasteiger partial charge in [-0.25, -0.2) is 10.0 Å². The number of nitrogens with zero attached hydrogens (tertiary/aromatic N) is 2. The van der Waals surface area contributed by atoms with Gasteiger partial charge < -0.3 is 0 Å². The molecule has 1 aromatic carbocycles. The van der Waals surface area contributed by atoms with Crippen LogP contribution in [0.4, 0.5) is 0 Å². The van der Waals surface area contributed by atoms with Crippen LogP contribution in [0.5, 0.6) is 0 Å². The van der Waals surface area contributed by atoms with Crippen molar-refractivity contribution < 1.29 is 9.59 Å². The number of hydrogen-bond acceptors (Lipinski definition) is 3. The monoisotopic (exact) mass is 246 g/mol. The summed E-state index contributed by atoms with van der Waals surface area (Å²) in [6.07, 6.45) is 0.374. The molecule has 0 bridgehead atoms. The Kier molecular flexibility index (Phi) is 3.22. The molecule has 4 heteroatoms. The Labute approximate surface area is 107 Å². The lowest BCUT2D eigenvalue weighted by Gasteiger charge is -2.34. The van der Waals surface area contributed by atoms with E-state index in [1.165, 1.54) is 5.01 Å². The molecule has 96 valence electrons. The van der Waals surface area contributed by atoms with Crippen LogP contribution in [0.3, 0.4) is 0 Å². The second kappa shape index (κ2) is 4.53. The largest absolute Gasteiger partial charge is 0.275 e. The molecule has 0 saturated carbocycles. The smallest absolute Gasteiger partial charge is 0.273 e. The lowest BCUT2D eigenvalue weighted by molar-refractivity contribution is -0.133. The van der Waals surface area contributed by atoms with Gasteiger partial charge in [0.1, 0.15) is 0 Å². The lowest BCUT2D eigenvalue weighted by atomic mass is 10.0. The fourth-order valence-corrected chi connectivity index (χ4v) is 2.44. The van der Waals surface area contributed by atoms with E-state index in [0.717, 1.165) is 0 Å². The van der Waals surface area contributed by atoms with Gasteiger partial charge in [-0.15, -0.1) is 0 Å². The summed E-state index contributed by atoms with van der Waals surface area (Å²) in [5.41, 5.74) is 0.248. The van der Waals surface area contributed by atoms with Gasteiger partial charge in [0.05, 0.1) is 0 Å². The van der Waals surface area contributed by atoms with Crippen LogP contribution in [0.2, 0.25) is 0 Å². The van der Waals surface area contributed by atoms with Crippen LogP contribution >= 0.6 is 0 Å². The van der Waals surface area contributed by atoms with Crippen molar-refractivity contribution in [1.29, 1.82) is 0 Å². The normalized spacial score (nSPS) is 19.3. The SMILES string of the molecule is CCN1N(C(=O)c2ccccc2)C(=O)CC1(C)C. The topological polar surface area (TPSA) is 40.6 Å². The Morgan fingerprint density at radius 1 is 1.28 bits per heavy atom. The fraction of sp³-hybridized carbons (Fsp3) is 0.429. The average Bonchev–Trinajstić information content (AvgIpc) is 2.58. The number of hydrogen-bond donors (Lipinski definition) is 0. The maximum Gasteiger partial charge on any atom is 0.275 e. The zero-order chi connectivity index (χ0) is 13.3. The predicted octanol–water partition coefficient (Wildman–Crippen LogP) is 2.07. The van der Waals surface area contributed by atoms with Gasteiger partial charge >= 0.3 is 0 Å². The molecule has 2 rings (SSSR count). The molecule has 0 N–H and O–H groups in total. The molecule has 1 saturated heterocycles. The van der Waals surface area contributed by atoms with E-state index in [9.17, 15) is 9.59 Å². The van der Waals surface area contributed by atoms with Gasteiger partial charge in [-0.3, -0.25) is 9.59 Å². The summed E-state index contributed by atoms with van der Waals surface area (Å²) >= 11 is 0. The summed E-state index contributed by atoms with van der Waals surface area (Å²) in [7, 11) is 0. The summed E-state index contributed by atoms with van der Waals surface area (Å²) < 4.78 is 0. The number of imide groups is 1. The van der Waals surface area contributed by atoms with Crippen molar-refractivity contribution >= 4 is 11.8 Å². The number of hydrazine groups is 1. The molecule has 1 aliphatic rings. The molecular weight excluding hydrogens is 228 g/mol. The van der Waals surface area contributed by atoms with Gasteiger partial charge in [0.2, 0.25) is 5.91 Å². The van der Waals surface area contributed by atoms with E-state index in [2.05, 4.69) is 0 Å². The van der Waals surface area contributed by atoms with Gasteiger partial charge in [0, 0.05) is 24.1 Å². The standard InChI is InChI=1S/C14H18N2O2/c1-4-15-14(2,3)10-12(17)16(15)13(18)11-8-6-5-7-9-11/h5-9H,4,10H2,1-3H3. The summed E-state index contributed by atoms with van der Waals surface area (Å²) in [6.45, 7) is 6.54. The minimum absolute atomic E-state index is 0.129. The van der Waals surface area contributed by atoms with Gasteiger partial charge in [-0.2, -0.15) is 0 Å². The second-order valence-electron chi connectivity index (χ2n) is 5.08. The summed E-state index contributed by atoms with van der Waals surface area (Å²) in [4.78, 5) is 24.4. The summed E-state index contributed by atoms with van der Waals surface area (Å²) in [6, 6.07) is 8.91. The summed E-state index contributed by atoms with van der Waals surface area (Å²) in [5.74, 6) is -0.372. The first-order chi connectivity index (χ1) is 8.47. The zero-order valence-electron chi connectivity index (χ0n) is 11.0. The Hall–Kier alpha value is -1.68. The van der Waals surface area contributed by atoms with Crippen molar-refractivity contribution in [2.45, 2.75) is 32.7 Å². The molecule has 0 unspecified atom stereocenters. The molecule has 4 nitrogen and oxygen atoms in total. The molecule has 0 spiro atoms. The Balaban J connectivity index is 2.33. The highest BCUT2D eigenvalue weighted by atomic mass is 16.2. The molecule has 1 fully saturated rings. The van der Waals surface area contributed by atoms with E-state index in [4.69, 9.17) is 0 Å². The fourth-order valence-electron chi connectivity index (χ4n) is 2.44. The maximum absolute atomic E-state index is 12.4. The van der Waals surface area contributed by atoms with Crippen LogP contribution in [0.1, 0.15) is 37.6 Å². The highest BCUT2D eigenvalue weighted by Crippen LogP contribution is 2.30. The van der Waals surface area contributed by atoms with E-state index >= 15 is 0 Å². The van der Waals surface area contributed by atoms with Crippen molar-refractivity contribution in [3.8, 4) is 0 Å². The molecular formula is C14H18N2O2. The highest BCUT2D eigenvalue weighted by Gasteiger charge is 2.45. The Bertz CT molecular complexity index is 468. The zero-order valence-corrected chi connectivity index (χ0v) is 11.0. The van der Waals surface area contributed by atoms with E-state index in [1.54, 1.807) is 24.3 Å². The van der Waals surface area contributed by atoms with Gasteiger partial charge in [0.25, 0.3) is 5.91 Å². The molecule has 1 heterocycles. The van der Waals surface area contributed by atoms with Crippen LogP contribution in [0, 0.1) is 0 Å². The van der Waals surface area contributed by atoms with Crippen LogP contribution in [0.15, 0.2) is 30.3 Å². The van der Waals surface area contributed by atoms with Crippen molar-refractivity contribution in [3.63, 3.8) is 0 Å². The molecule has 0 atom stereocenters. The van der Waals surface area contributed by atoms with Crippen LogP contribution in [0.25, 0.3) is 0 Å². The lowest BCUT2D eigenvalue weighted by Crippen LogP contribution is -2.49. The van der Waals surface area contributed by atoms with Gasteiger partial charge in [-0.1, -0.05) is 25.1 Å². The van der Waals surface area contributed by atoms with E-state index in [1.807, 2.05) is 31.8 Å². The third kappa shape index (κ3) is 2.04. The number of rotatable bonds is 2. The van der Waals surface area contributed by atoms with Crippen molar-refractivity contribution in [3.05, 3.63) is 35.9 Å². The third-order valence-electron chi connectivity index (χ3n) is 3.27. The molecule has 0 aliphatic carbocycles. The second-order valence-corrected chi connectivity index (χ2v) is 5.08. The molecule has 2 amide bonds. The van der Waals surface area contributed by atoms with Crippen LogP contribution in [-0.4, -0.2) is 33.9 Å². The van der Waals surface area contributed by atoms with E-state index < -0.39 is 0 Å². The molecule has 0 aromatic heterocycles. The average molecular weight is 246 g/mol. The quantitative estimate of drug-likeness (QED) is 0.750.